The first-order valence-electron chi connectivity index (χ1n) is 5.77. The maximum absolute atomic E-state index is 10.5. The van der Waals surface area contributed by atoms with Crippen LogP contribution >= 0.6 is 10.5 Å². The predicted octanol–water partition coefficient (Wildman–Crippen LogP) is 3.22. The number of rotatable bonds is 9. The van der Waals surface area contributed by atoms with Crippen LogP contribution in [0.1, 0.15) is 46.0 Å². The molecule has 0 fully saturated rings. The summed E-state index contributed by atoms with van der Waals surface area (Å²) < 4.78 is 4.89. The van der Waals surface area contributed by atoms with Crippen molar-refractivity contribution < 1.29 is 9.53 Å². The van der Waals surface area contributed by atoms with E-state index in [-0.39, 0.29) is 16.5 Å². The highest BCUT2D eigenvalue weighted by Gasteiger charge is 1.96. The minimum atomic E-state index is -0.185. The summed E-state index contributed by atoms with van der Waals surface area (Å²) in [5, 5.41) is 0. The van der Waals surface area contributed by atoms with Crippen molar-refractivity contribution in [2.45, 2.75) is 46.0 Å². The molecule has 0 bridgehead atoms. The third-order valence-electron chi connectivity index (χ3n) is 2.21. The van der Waals surface area contributed by atoms with Crippen molar-refractivity contribution in [1.29, 1.82) is 0 Å². The normalized spacial score (nSPS) is 12.4. The molecule has 0 heterocycles. The molecule has 15 heavy (non-hydrogen) atoms. The molecule has 0 spiro atoms. The molecule has 0 aliphatic rings. The van der Waals surface area contributed by atoms with E-state index in [9.17, 15) is 4.79 Å². The molecule has 0 aliphatic carbocycles. The van der Waals surface area contributed by atoms with Crippen LogP contribution in [0.15, 0.2) is 0 Å². The Morgan fingerprint density at radius 1 is 1.20 bits per heavy atom. The lowest BCUT2D eigenvalue weighted by Gasteiger charge is -2.07. The van der Waals surface area contributed by atoms with Crippen molar-refractivity contribution in [1.82, 2.24) is 0 Å². The van der Waals surface area contributed by atoms with Crippen molar-refractivity contribution in [3.8, 4) is 0 Å². The van der Waals surface area contributed by atoms with Crippen LogP contribution in [-0.2, 0) is 9.53 Å². The number of esters is 1. The van der Waals surface area contributed by atoms with Gasteiger partial charge in [0.05, 0.1) is 6.61 Å². The van der Waals surface area contributed by atoms with Gasteiger partial charge in [0.1, 0.15) is 0 Å². The van der Waals surface area contributed by atoms with Gasteiger partial charge < -0.3 is 4.74 Å². The molecule has 0 aromatic carbocycles. The van der Waals surface area contributed by atoms with Gasteiger partial charge in [-0.25, -0.2) is 0 Å². The molecule has 0 saturated heterocycles. The van der Waals surface area contributed by atoms with E-state index >= 15 is 0 Å². The van der Waals surface area contributed by atoms with Gasteiger partial charge in [0.25, 0.3) is 0 Å². The number of ether oxygens (including phenoxy) is 1. The minimum absolute atomic E-state index is 0.181. The van der Waals surface area contributed by atoms with E-state index in [2.05, 4.69) is 12.8 Å². The van der Waals surface area contributed by atoms with E-state index in [0.717, 1.165) is 5.75 Å². The Morgan fingerprint density at radius 3 is 2.47 bits per heavy atom. The Labute approximate surface area is 96.3 Å². The fraction of sp³-hybridized carbons (Fsp3) is 0.833. The highest BCUT2D eigenvalue weighted by Crippen LogP contribution is 2.13. The number of hydrogen-bond donors (Lipinski definition) is 0. The fourth-order valence-electron chi connectivity index (χ4n) is 1.32. The van der Waals surface area contributed by atoms with Crippen LogP contribution in [0.25, 0.3) is 0 Å². The Morgan fingerprint density at radius 2 is 1.87 bits per heavy atom. The molecule has 0 aliphatic heterocycles. The van der Waals surface area contributed by atoms with Gasteiger partial charge in [-0.1, -0.05) is 38.5 Å². The summed E-state index contributed by atoms with van der Waals surface area (Å²) in [7, 11) is 0.181. The summed E-state index contributed by atoms with van der Waals surface area (Å²) in [6.07, 6.45) is 6.58. The molecule has 0 saturated carbocycles. The molecule has 0 amide bonds. The average molecular weight is 232 g/mol. The smallest absolute Gasteiger partial charge is 0.302 e. The number of carbonyl (C=O) groups excluding carboxylic acids is 1. The van der Waals surface area contributed by atoms with E-state index in [1.54, 1.807) is 0 Å². The Bertz CT molecular complexity index is 190. The third kappa shape index (κ3) is 11.6. The average Bonchev–Trinajstić information content (AvgIpc) is 2.17. The first kappa shape index (κ1) is 14.7. The summed E-state index contributed by atoms with van der Waals surface area (Å²) in [6.45, 7) is 4.22. The van der Waals surface area contributed by atoms with Crippen LogP contribution in [0, 0.1) is 0 Å². The van der Waals surface area contributed by atoms with E-state index in [0.29, 0.717) is 6.61 Å². The summed E-state index contributed by atoms with van der Waals surface area (Å²) >= 11 is 0. The number of hydrogen-bond acceptors (Lipinski definition) is 2. The second-order valence-corrected chi connectivity index (χ2v) is 5.82. The van der Waals surface area contributed by atoms with Crippen molar-refractivity contribution >= 4 is 22.3 Å². The quantitative estimate of drug-likeness (QED) is 0.346. The Hall–Kier alpha value is -0.310. The second kappa shape index (κ2) is 10.2. The van der Waals surface area contributed by atoms with Crippen molar-refractivity contribution in [2.75, 3.05) is 18.1 Å². The van der Waals surface area contributed by atoms with Gasteiger partial charge in [-0.15, -0.1) is 0 Å². The van der Waals surface area contributed by atoms with E-state index in [1.807, 2.05) is 0 Å². The molecule has 2 nitrogen and oxygen atoms in total. The van der Waals surface area contributed by atoms with Crippen LogP contribution in [0.4, 0.5) is 0 Å². The second-order valence-electron chi connectivity index (χ2n) is 3.77. The standard InChI is InChI=1S/C12H24O2S/c1-4-5-6-7-8-10-15(3)11-9-14-12(2)13/h3-11H2,1-2H3. The molecular weight excluding hydrogens is 208 g/mol. The molecular formula is C12H24O2S. The topological polar surface area (TPSA) is 26.3 Å². The lowest BCUT2D eigenvalue weighted by Crippen LogP contribution is -2.04. The van der Waals surface area contributed by atoms with Crippen molar-refractivity contribution in [2.24, 2.45) is 0 Å². The zero-order chi connectivity index (χ0) is 11.5. The minimum Gasteiger partial charge on any atom is -0.465 e. The molecule has 0 aromatic rings. The number of unbranched alkanes of at least 4 members (excludes halogenated alkanes) is 4. The van der Waals surface area contributed by atoms with E-state index in [4.69, 9.17) is 4.74 Å². The monoisotopic (exact) mass is 232 g/mol. The van der Waals surface area contributed by atoms with E-state index < -0.39 is 0 Å². The molecule has 1 atom stereocenters. The molecule has 3 heteroatoms. The molecule has 0 aromatic heterocycles. The zero-order valence-corrected chi connectivity index (χ0v) is 10.9. The maximum atomic E-state index is 10.5. The number of carbonyl (C=O) groups is 1. The summed E-state index contributed by atoms with van der Waals surface area (Å²) in [5.74, 6) is 6.01. The molecule has 0 rings (SSSR count). The highest BCUT2D eigenvalue weighted by molar-refractivity contribution is 8.14. The van der Waals surface area contributed by atoms with Gasteiger partial charge in [-0.2, -0.15) is 10.5 Å². The third-order valence-corrected chi connectivity index (χ3v) is 3.82. The molecule has 90 valence electrons. The molecule has 1 unspecified atom stereocenters. The zero-order valence-electron chi connectivity index (χ0n) is 10.1. The lowest BCUT2D eigenvalue weighted by atomic mass is 10.2. The largest absolute Gasteiger partial charge is 0.465 e. The lowest BCUT2D eigenvalue weighted by molar-refractivity contribution is -0.140. The summed E-state index contributed by atoms with van der Waals surface area (Å²) in [6, 6.07) is 0. The van der Waals surface area contributed by atoms with Gasteiger partial charge in [-0.3, -0.25) is 4.79 Å². The van der Waals surface area contributed by atoms with Crippen molar-refractivity contribution in [3.05, 3.63) is 0 Å². The maximum Gasteiger partial charge on any atom is 0.302 e. The fourth-order valence-corrected chi connectivity index (χ4v) is 2.45. The molecule has 0 N–H and O–H groups in total. The first-order chi connectivity index (χ1) is 7.16. The van der Waals surface area contributed by atoms with Crippen LogP contribution < -0.4 is 0 Å². The Balaban J connectivity index is 3.22. The molecule has 0 radical (unpaired) electrons. The van der Waals surface area contributed by atoms with E-state index in [1.165, 1.54) is 44.8 Å². The summed E-state index contributed by atoms with van der Waals surface area (Å²) in [5.41, 5.74) is 0. The van der Waals surface area contributed by atoms with Crippen LogP contribution in [-0.4, -0.2) is 30.0 Å². The first-order valence-corrected chi connectivity index (χ1v) is 7.50. The van der Waals surface area contributed by atoms with Gasteiger partial charge in [-0.05, 0) is 12.2 Å². The van der Waals surface area contributed by atoms with Gasteiger partial charge in [0.15, 0.2) is 0 Å². The van der Waals surface area contributed by atoms with Crippen LogP contribution in [0.5, 0.6) is 0 Å². The summed E-state index contributed by atoms with van der Waals surface area (Å²) in [4.78, 5) is 10.5. The SMILES string of the molecule is C=S(CCCCCCC)CCOC(C)=O. The Kier molecular flexibility index (Phi) is 10.0. The van der Waals surface area contributed by atoms with Crippen molar-refractivity contribution in [3.63, 3.8) is 0 Å². The predicted molar refractivity (Wildman–Crippen MR) is 69.8 cm³/mol. The van der Waals surface area contributed by atoms with Gasteiger partial charge in [0, 0.05) is 12.7 Å². The van der Waals surface area contributed by atoms with Gasteiger partial charge in [0.2, 0.25) is 0 Å². The highest BCUT2D eigenvalue weighted by atomic mass is 32.2. The van der Waals surface area contributed by atoms with Gasteiger partial charge >= 0.3 is 5.97 Å². The van der Waals surface area contributed by atoms with Crippen LogP contribution in [0.2, 0.25) is 0 Å². The van der Waals surface area contributed by atoms with Crippen LogP contribution in [0.3, 0.4) is 0 Å².